The zero-order valence-electron chi connectivity index (χ0n) is 44.9. The zero-order valence-corrected chi connectivity index (χ0v) is 47.3. The van der Waals surface area contributed by atoms with E-state index in [0.29, 0.717) is 47.3 Å². The summed E-state index contributed by atoms with van der Waals surface area (Å²) in [6.07, 6.45) is 0. The Bertz CT molecular complexity index is 1890. The van der Waals surface area contributed by atoms with E-state index in [2.05, 4.69) is 225 Å². The minimum absolute atomic E-state index is 0. The third-order valence-electron chi connectivity index (χ3n) is 11.6. The number of rotatable bonds is 12. The van der Waals surface area contributed by atoms with Crippen LogP contribution in [0.4, 0.5) is 22.7 Å². The van der Waals surface area contributed by atoms with Crippen molar-refractivity contribution in [2.45, 2.75) is 200 Å². The molecule has 0 spiro atoms. The Morgan fingerprint density at radius 3 is 0.652 bits per heavy atom. The van der Waals surface area contributed by atoms with Crippen LogP contribution >= 0.6 is 0 Å². The molecule has 364 valence electrons. The third-order valence-corrected chi connectivity index (χ3v) is 11.6. The van der Waals surface area contributed by atoms with Gasteiger partial charge in [0.05, 0.1) is 0 Å². The van der Waals surface area contributed by atoms with Crippen LogP contribution in [-0.2, 0) is 45.1 Å². The maximum absolute atomic E-state index is 5.32. The standard InChI is InChI=1S/2C29H43N2.2Mn.2O/c2*1-18(2)22-14-12-15-23(19(3)4)26(22)30-28(29(9,10)11)31-27-24(20(5)6)16-13-17-25(27)21(7)8;;;;/h2*12-21H,1-11H3;;;;/q2*-1;2*+3;2*-2. The Balaban J connectivity index is 0. The molecule has 0 aliphatic heterocycles. The van der Waals surface area contributed by atoms with Crippen LogP contribution in [0, 0.1) is 10.8 Å². The molecule has 4 aromatic rings. The van der Waals surface area contributed by atoms with Crippen molar-refractivity contribution in [2.24, 2.45) is 20.8 Å². The Kier molecular flexibility index (Phi) is 27.2. The Morgan fingerprint density at radius 1 is 0.333 bits per heavy atom. The first-order valence-corrected chi connectivity index (χ1v) is 23.8. The van der Waals surface area contributed by atoms with E-state index >= 15 is 0 Å². The van der Waals surface area contributed by atoms with Crippen molar-refractivity contribution in [3.05, 3.63) is 128 Å². The zero-order chi connectivity index (χ0) is 47.0. The van der Waals surface area contributed by atoms with E-state index in [9.17, 15) is 0 Å². The number of aliphatic imine (C=N–C) groups is 2. The molecule has 66 heavy (non-hydrogen) atoms. The summed E-state index contributed by atoms with van der Waals surface area (Å²) in [5, 5.41) is 10.6. The topological polar surface area (TPSA) is 110 Å². The van der Waals surface area contributed by atoms with Gasteiger partial charge < -0.3 is 31.6 Å². The number of hydrogen-bond acceptors (Lipinski definition) is 2. The summed E-state index contributed by atoms with van der Waals surface area (Å²) in [7, 11) is 0. The number of nitrogens with zero attached hydrogens (tertiary/aromatic N) is 4. The first-order valence-electron chi connectivity index (χ1n) is 23.8. The largest absolute Gasteiger partial charge is 3.00 e. The van der Waals surface area contributed by atoms with Crippen molar-refractivity contribution >= 4 is 34.4 Å². The second kappa shape index (κ2) is 27.7. The average molecular weight is 981 g/mol. The molecule has 4 aromatic carbocycles. The quantitative estimate of drug-likeness (QED) is 0.0765. The fourth-order valence-electron chi connectivity index (χ4n) is 7.71. The molecule has 0 radical (unpaired) electrons. The van der Waals surface area contributed by atoms with Gasteiger partial charge in [-0.3, -0.25) is 0 Å². The Labute approximate surface area is 425 Å². The molecule has 4 rings (SSSR count). The van der Waals surface area contributed by atoms with Gasteiger partial charge in [-0.15, -0.1) is 0 Å². The van der Waals surface area contributed by atoms with Gasteiger partial charge in [0, 0.05) is 0 Å². The van der Waals surface area contributed by atoms with Gasteiger partial charge in [0.1, 0.15) is 0 Å². The molecule has 0 aliphatic rings. The number of benzene rings is 4. The predicted octanol–water partition coefficient (Wildman–Crippen LogP) is 19.7. The number of para-hydroxylation sites is 4. The Hall–Kier alpha value is -3.22. The first-order chi connectivity index (χ1) is 28.7. The van der Waals surface area contributed by atoms with Crippen molar-refractivity contribution in [3.8, 4) is 0 Å². The molecule has 8 heteroatoms. The van der Waals surface area contributed by atoms with Gasteiger partial charge >= 0.3 is 34.1 Å². The molecule has 0 bridgehead atoms. The molecular weight excluding hydrogens is 895 g/mol. The molecule has 0 aromatic heterocycles. The summed E-state index contributed by atoms with van der Waals surface area (Å²) in [5.74, 6) is 5.08. The van der Waals surface area contributed by atoms with E-state index < -0.39 is 0 Å². The van der Waals surface area contributed by atoms with Crippen LogP contribution < -0.4 is 0 Å². The van der Waals surface area contributed by atoms with Crippen LogP contribution in [-0.4, -0.2) is 11.7 Å². The van der Waals surface area contributed by atoms with Gasteiger partial charge in [-0.2, -0.15) is 0 Å². The summed E-state index contributed by atoms with van der Waals surface area (Å²) in [6, 6.07) is 26.4. The molecule has 0 saturated heterocycles. The van der Waals surface area contributed by atoms with Gasteiger partial charge in [-0.25, -0.2) is 0 Å². The van der Waals surface area contributed by atoms with E-state index in [0.717, 1.165) is 34.4 Å². The van der Waals surface area contributed by atoms with Crippen molar-refractivity contribution in [1.82, 2.24) is 0 Å². The maximum Gasteiger partial charge on any atom is 3.00 e. The van der Waals surface area contributed by atoms with Gasteiger partial charge in [-0.05, 0) is 125 Å². The second-order valence-corrected chi connectivity index (χ2v) is 22.0. The second-order valence-electron chi connectivity index (χ2n) is 22.0. The van der Waals surface area contributed by atoms with Crippen molar-refractivity contribution < 1.29 is 45.1 Å². The van der Waals surface area contributed by atoms with Crippen LogP contribution in [0.15, 0.2) is 82.8 Å². The molecule has 0 heterocycles. The monoisotopic (exact) mass is 981 g/mol. The molecule has 6 nitrogen and oxygen atoms in total. The molecule has 0 N–H and O–H groups in total. The molecule has 0 amide bonds. The summed E-state index contributed by atoms with van der Waals surface area (Å²) >= 11 is 0. The van der Waals surface area contributed by atoms with E-state index in [1.54, 1.807) is 0 Å². The first kappa shape index (κ1) is 64.9. The van der Waals surface area contributed by atoms with E-state index in [4.69, 9.17) is 20.6 Å². The maximum atomic E-state index is 5.32. The smallest absolute Gasteiger partial charge is 2.00 e. The molecular formula is C58H86Mn2N4O2. The third kappa shape index (κ3) is 17.1. The number of amidine groups is 2. The summed E-state index contributed by atoms with van der Waals surface area (Å²) < 4.78 is 0. The SMILES string of the molecule is CC(C)c1cccc(C(C)C)c1N=C([N-]c1c(C(C)C)cccc1C(C)C)C(C)(C)C.CC(C)c1cccc(C(C)C)c1N=C([N-]c1c(C(C)C)cccc1C(C)C)C(C)(C)C.[Mn+3].[Mn+3].[O-2].[O-2]. The summed E-state index contributed by atoms with van der Waals surface area (Å²) in [6.45, 7) is 49.3. The van der Waals surface area contributed by atoms with E-state index in [1.807, 2.05) is 0 Å². The van der Waals surface area contributed by atoms with Crippen molar-refractivity contribution in [3.63, 3.8) is 0 Å². The van der Waals surface area contributed by atoms with E-state index in [1.165, 1.54) is 44.5 Å². The van der Waals surface area contributed by atoms with E-state index in [-0.39, 0.29) is 55.9 Å². The predicted molar refractivity (Wildman–Crippen MR) is 279 cm³/mol. The van der Waals surface area contributed by atoms with Gasteiger partial charge in [0.15, 0.2) is 0 Å². The van der Waals surface area contributed by atoms with Gasteiger partial charge in [0.25, 0.3) is 0 Å². The van der Waals surface area contributed by atoms with Gasteiger partial charge in [-0.1, -0.05) is 237 Å². The van der Waals surface area contributed by atoms with Crippen LogP contribution in [0.25, 0.3) is 10.6 Å². The van der Waals surface area contributed by atoms with Gasteiger partial charge in [0.2, 0.25) is 0 Å². The van der Waals surface area contributed by atoms with Crippen molar-refractivity contribution in [1.29, 1.82) is 0 Å². The van der Waals surface area contributed by atoms with Crippen LogP contribution in [0.5, 0.6) is 0 Å². The van der Waals surface area contributed by atoms with Crippen molar-refractivity contribution in [2.75, 3.05) is 0 Å². The molecule has 0 atom stereocenters. The van der Waals surface area contributed by atoms with Crippen LogP contribution in [0.2, 0.25) is 0 Å². The molecule has 0 aliphatic carbocycles. The molecule has 0 fully saturated rings. The fraction of sp³-hybridized carbons (Fsp3) is 0.552. The van der Waals surface area contributed by atoms with Crippen LogP contribution in [0.3, 0.4) is 0 Å². The minimum Gasteiger partial charge on any atom is -2.00 e. The summed E-state index contributed by atoms with van der Waals surface area (Å²) in [5.41, 5.74) is 14.4. The fourth-order valence-corrected chi connectivity index (χ4v) is 7.71. The molecule has 0 saturated carbocycles. The summed E-state index contributed by atoms with van der Waals surface area (Å²) in [4.78, 5) is 10.6. The molecule has 0 unspecified atom stereocenters. The minimum atomic E-state index is -0.170. The number of hydrogen-bond donors (Lipinski definition) is 0. The average Bonchev–Trinajstić information content (AvgIpc) is 3.16. The van der Waals surface area contributed by atoms with Crippen LogP contribution in [0.1, 0.15) is 244 Å². The normalized spacial score (nSPS) is 12.3. The Morgan fingerprint density at radius 2 is 0.500 bits per heavy atom.